The van der Waals surface area contributed by atoms with Gasteiger partial charge in [0.25, 0.3) is 0 Å². The zero-order valence-electron chi connectivity index (χ0n) is 9.91. The third-order valence-corrected chi connectivity index (χ3v) is 2.51. The zero-order valence-corrected chi connectivity index (χ0v) is 9.91. The molecule has 0 unspecified atom stereocenters. The highest BCUT2D eigenvalue weighted by atomic mass is 16.2. The number of hydrogen-bond acceptors (Lipinski definition) is 3. The minimum absolute atomic E-state index is 0.00916. The second-order valence-electron chi connectivity index (χ2n) is 4.32. The molecular weight excluding hydrogens is 218 g/mol. The second-order valence-corrected chi connectivity index (χ2v) is 4.32. The molecule has 5 nitrogen and oxygen atoms in total. The van der Waals surface area contributed by atoms with Crippen LogP contribution in [0.5, 0.6) is 0 Å². The van der Waals surface area contributed by atoms with Gasteiger partial charge in [-0.3, -0.25) is 15.0 Å². The molecule has 0 saturated heterocycles. The first kappa shape index (κ1) is 11.6. The van der Waals surface area contributed by atoms with E-state index in [2.05, 4.69) is 10.7 Å². The van der Waals surface area contributed by atoms with Crippen LogP contribution in [0.2, 0.25) is 0 Å². The van der Waals surface area contributed by atoms with E-state index >= 15 is 0 Å². The molecule has 1 aliphatic rings. The van der Waals surface area contributed by atoms with Gasteiger partial charge >= 0.3 is 0 Å². The van der Waals surface area contributed by atoms with Crippen molar-refractivity contribution >= 4 is 17.5 Å². The van der Waals surface area contributed by atoms with Crippen LogP contribution in [0.1, 0.15) is 11.1 Å². The van der Waals surface area contributed by atoms with Gasteiger partial charge < -0.3 is 5.32 Å². The molecule has 0 spiro atoms. The monoisotopic (exact) mass is 233 g/mol. The van der Waals surface area contributed by atoms with Gasteiger partial charge in [-0.15, -0.1) is 0 Å². The van der Waals surface area contributed by atoms with Crippen molar-refractivity contribution in [1.29, 1.82) is 0 Å². The van der Waals surface area contributed by atoms with Gasteiger partial charge in [-0.2, -0.15) is 0 Å². The fourth-order valence-corrected chi connectivity index (χ4v) is 1.87. The summed E-state index contributed by atoms with van der Waals surface area (Å²) in [6.45, 7) is 0. The minimum atomic E-state index is -0.0627. The smallest absolute Gasteiger partial charge is 0.238 e. The van der Waals surface area contributed by atoms with Crippen LogP contribution >= 0.6 is 0 Å². The van der Waals surface area contributed by atoms with E-state index in [-0.39, 0.29) is 11.8 Å². The largest absolute Gasteiger partial charge is 0.326 e. The van der Waals surface area contributed by atoms with Gasteiger partial charge in [0.1, 0.15) is 0 Å². The van der Waals surface area contributed by atoms with Crippen LogP contribution in [0.25, 0.3) is 0 Å². The molecule has 0 fully saturated rings. The molecule has 2 amide bonds. The molecule has 1 aliphatic heterocycles. The third kappa shape index (κ3) is 2.82. The first-order chi connectivity index (χ1) is 8.04. The van der Waals surface area contributed by atoms with Gasteiger partial charge in [0.2, 0.25) is 11.8 Å². The molecule has 2 rings (SSSR count). The number of nitrogens with zero attached hydrogens (tertiary/aromatic N) is 1. The van der Waals surface area contributed by atoms with Crippen molar-refractivity contribution < 1.29 is 9.59 Å². The number of carbonyl (C=O) groups is 2. The Morgan fingerprint density at radius 1 is 1.47 bits per heavy atom. The van der Waals surface area contributed by atoms with Gasteiger partial charge in [0.05, 0.1) is 12.8 Å². The molecule has 0 aliphatic carbocycles. The van der Waals surface area contributed by atoms with Crippen molar-refractivity contribution in [2.45, 2.75) is 12.8 Å². The molecule has 90 valence electrons. The lowest BCUT2D eigenvalue weighted by Gasteiger charge is -2.11. The summed E-state index contributed by atoms with van der Waals surface area (Å²) < 4.78 is 0. The number of rotatable bonds is 3. The highest BCUT2D eigenvalue weighted by Crippen LogP contribution is 2.23. The first-order valence-corrected chi connectivity index (χ1v) is 5.43. The first-order valence-electron chi connectivity index (χ1n) is 5.43. The van der Waals surface area contributed by atoms with E-state index in [0.29, 0.717) is 12.8 Å². The van der Waals surface area contributed by atoms with E-state index in [1.165, 1.54) is 0 Å². The van der Waals surface area contributed by atoms with Gasteiger partial charge in [0.15, 0.2) is 0 Å². The Bertz CT molecular complexity index is 469. The zero-order chi connectivity index (χ0) is 12.4. The summed E-state index contributed by atoms with van der Waals surface area (Å²) in [6, 6.07) is 5.61. The van der Waals surface area contributed by atoms with Crippen molar-refractivity contribution in [2.24, 2.45) is 0 Å². The lowest BCUT2D eigenvalue weighted by atomic mass is 10.1. The minimum Gasteiger partial charge on any atom is -0.326 e. The Balaban J connectivity index is 2.06. The number of hydrazine groups is 1. The van der Waals surface area contributed by atoms with Crippen molar-refractivity contribution in [3.63, 3.8) is 0 Å². The molecule has 0 bridgehead atoms. The van der Waals surface area contributed by atoms with Crippen molar-refractivity contribution in [3.05, 3.63) is 29.3 Å². The highest BCUT2D eigenvalue weighted by Gasteiger charge is 2.17. The molecule has 0 saturated carbocycles. The molecule has 5 heteroatoms. The number of amides is 2. The molecule has 0 radical (unpaired) electrons. The molecule has 0 atom stereocenters. The van der Waals surface area contributed by atoms with Crippen LogP contribution in [-0.2, 0) is 22.4 Å². The summed E-state index contributed by atoms with van der Waals surface area (Å²) in [5.41, 5.74) is 5.41. The molecule has 1 heterocycles. The number of fused-ring (bicyclic) bond motifs is 1. The quantitative estimate of drug-likeness (QED) is 0.739. The Hall–Kier alpha value is -1.88. The van der Waals surface area contributed by atoms with Gasteiger partial charge in [-0.1, -0.05) is 12.1 Å². The van der Waals surface area contributed by atoms with Crippen LogP contribution in [-0.4, -0.2) is 30.9 Å². The molecule has 1 aromatic rings. The van der Waals surface area contributed by atoms with Gasteiger partial charge in [-0.05, 0) is 17.2 Å². The summed E-state index contributed by atoms with van der Waals surface area (Å²) in [7, 11) is 3.53. The van der Waals surface area contributed by atoms with Crippen LogP contribution in [0.4, 0.5) is 5.69 Å². The summed E-state index contributed by atoms with van der Waals surface area (Å²) in [5, 5.41) is 4.37. The lowest BCUT2D eigenvalue weighted by molar-refractivity contribution is -0.124. The van der Waals surface area contributed by atoms with Crippen LogP contribution in [0.3, 0.4) is 0 Å². The fraction of sp³-hybridized carbons (Fsp3) is 0.333. The van der Waals surface area contributed by atoms with E-state index < -0.39 is 0 Å². The maximum Gasteiger partial charge on any atom is 0.238 e. The number of carbonyl (C=O) groups excluding carboxylic acids is 2. The van der Waals surface area contributed by atoms with Gasteiger partial charge in [-0.25, -0.2) is 5.01 Å². The van der Waals surface area contributed by atoms with E-state index in [1.54, 1.807) is 19.1 Å². The topological polar surface area (TPSA) is 61.4 Å². The predicted octanol–water partition coefficient (Wildman–Crippen LogP) is 0.316. The van der Waals surface area contributed by atoms with E-state index in [4.69, 9.17) is 0 Å². The number of benzene rings is 1. The average Bonchev–Trinajstić information content (AvgIpc) is 2.55. The number of hydrogen-bond donors (Lipinski definition) is 2. The van der Waals surface area contributed by atoms with E-state index in [9.17, 15) is 9.59 Å². The second kappa shape index (κ2) is 4.55. The van der Waals surface area contributed by atoms with Crippen molar-refractivity contribution in [1.82, 2.24) is 10.4 Å². The Labute approximate surface area is 99.8 Å². The summed E-state index contributed by atoms with van der Waals surface area (Å²) in [5.74, 6) is -0.0536. The number of anilines is 1. The lowest BCUT2D eigenvalue weighted by Crippen LogP contribution is -2.37. The summed E-state index contributed by atoms with van der Waals surface area (Å²) in [4.78, 5) is 22.7. The predicted molar refractivity (Wildman–Crippen MR) is 64.3 cm³/mol. The number of nitrogens with one attached hydrogen (secondary N) is 2. The molecule has 0 aromatic heterocycles. The van der Waals surface area contributed by atoms with Crippen LogP contribution in [0.15, 0.2) is 18.2 Å². The fourth-order valence-electron chi connectivity index (χ4n) is 1.87. The van der Waals surface area contributed by atoms with E-state index in [1.807, 2.05) is 18.2 Å². The van der Waals surface area contributed by atoms with Crippen LogP contribution < -0.4 is 10.7 Å². The third-order valence-electron chi connectivity index (χ3n) is 2.51. The maximum atomic E-state index is 11.6. The molecule has 2 N–H and O–H groups in total. The van der Waals surface area contributed by atoms with Crippen molar-refractivity contribution in [3.8, 4) is 0 Å². The summed E-state index contributed by atoms with van der Waals surface area (Å²) >= 11 is 0. The van der Waals surface area contributed by atoms with Gasteiger partial charge in [0, 0.05) is 19.8 Å². The SMILES string of the molecule is CN(C)NC(=O)Cc1ccc2c(c1)CC(=O)N2. The molecule has 17 heavy (non-hydrogen) atoms. The van der Waals surface area contributed by atoms with E-state index in [0.717, 1.165) is 16.8 Å². The Morgan fingerprint density at radius 3 is 2.94 bits per heavy atom. The average molecular weight is 233 g/mol. The van der Waals surface area contributed by atoms with Crippen LogP contribution in [0, 0.1) is 0 Å². The normalized spacial score (nSPS) is 13.5. The standard InChI is InChI=1S/C12H15N3O2/c1-15(2)14-12(17)6-8-3-4-10-9(5-8)7-11(16)13-10/h3-5H,6-7H2,1-2H3,(H,13,16)(H,14,17). The maximum absolute atomic E-state index is 11.6. The van der Waals surface area contributed by atoms with Crippen molar-refractivity contribution in [2.75, 3.05) is 19.4 Å². The molecular formula is C12H15N3O2. The summed E-state index contributed by atoms with van der Waals surface area (Å²) in [6.07, 6.45) is 0.720. The Morgan fingerprint density at radius 2 is 2.24 bits per heavy atom. The Kier molecular flexibility index (Phi) is 3.10. The molecule has 1 aromatic carbocycles. The highest BCUT2D eigenvalue weighted by molar-refractivity contribution is 5.99.